The highest BCUT2D eigenvalue weighted by Crippen LogP contribution is 2.33. The van der Waals surface area contributed by atoms with E-state index in [9.17, 15) is 5.11 Å². The van der Waals surface area contributed by atoms with Gasteiger partial charge in [0.25, 0.3) is 0 Å². The molecule has 3 heterocycles. The van der Waals surface area contributed by atoms with Crippen molar-refractivity contribution in [1.29, 1.82) is 0 Å². The highest BCUT2D eigenvalue weighted by Gasteiger charge is 2.22. The van der Waals surface area contributed by atoms with Gasteiger partial charge in [-0.25, -0.2) is 4.68 Å². The summed E-state index contributed by atoms with van der Waals surface area (Å²) in [6.45, 7) is 1.86. The molecule has 0 saturated heterocycles. The Balaban J connectivity index is 1.89. The number of aromatic nitrogens is 6. The van der Waals surface area contributed by atoms with Gasteiger partial charge < -0.3 is 10.4 Å². The second-order valence-corrected chi connectivity index (χ2v) is 6.77. The number of aliphatic hydroxyl groups excluding tert-OH is 1. The van der Waals surface area contributed by atoms with Gasteiger partial charge in [0, 0.05) is 23.7 Å². The van der Waals surface area contributed by atoms with Crippen molar-refractivity contribution in [3.05, 3.63) is 47.7 Å². The number of aryl methyl sites for hydroxylation is 1. The molecule has 0 fully saturated rings. The van der Waals surface area contributed by atoms with Gasteiger partial charge in [-0.15, -0.1) is 10.2 Å². The number of aliphatic hydroxyl groups is 1. The molecule has 27 heavy (non-hydrogen) atoms. The van der Waals surface area contributed by atoms with Crippen molar-refractivity contribution in [2.24, 2.45) is 7.05 Å². The Morgan fingerprint density at radius 3 is 2.67 bits per heavy atom. The maximum Gasteiger partial charge on any atom is 0.187 e. The molecule has 2 aromatic rings. The predicted octanol–water partition coefficient (Wildman–Crippen LogP) is 2.61. The lowest BCUT2D eigenvalue weighted by Crippen LogP contribution is -2.20. The van der Waals surface area contributed by atoms with Gasteiger partial charge in [-0.05, 0) is 25.1 Å². The Kier molecular flexibility index (Phi) is 4.51. The smallest absolute Gasteiger partial charge is 0.187 e. The number of anilines is 1. The third kappa shape index (κ3) is 3.36. The van der Waals surface area contributed by atoms with E-state index in [1.807, 2.05) is 50.5 Å². The summed E-state index contributed by atoms with van der Waals surface area (Å²) in [6.07, 6.45) is 3.58. The molecule has 0 unspecified atom stereocenters. The monoisotopic (exact) mass is 383 g/mol. The van der Waals surface area contributed by atoms with Crippen molar-refractivity contribution in [1.82, 2.24) is 29.8 Å². The summed E-state index contributed by atoms with van der Waals surface area (Å²) in [5, 5.41) is 30.7. The van der Waals surface area contributed by atoms with Crippen LogP contribution in [0.25, 0.3) is 28.3 Å². The molecule has 2 aliphatic rings. The number of hydrogen-bond acceptors (Lipinski definition) is 6. The summed E-state index contributed by atoms with van der Waals surface area (Å²) in [6, 6.07) is 9.26. The molecule has 1 aromatic carbocycles. The highest BCUT2D eigenvalue weighted by atomic mass is 35.5. The molecule has 9 heteroatoms. The first kappa shape index (κ1) is 17.4. The minimum atomic E-state index is -0.149. The van der Waals surface area contributed by atoms with Crippen molar-refractivity contribution >= 4 is 17.4 Å². The molecular formula is C18H18ClN7O. The number of hydrogen-bond donors (Lipinski definition) is 2. The summed E-state index contributed by atoms with van der Waals surface area (Å²) in [5.41, 5.74) is 3.25. The van der Waals surface area contributed by atoms with E-state index >= 15 is 0 Å². The quantitative estimate of drug-likeness (QED) is 0.550. The Morgan fingerprint density at radius 2 is 2.00 bits per heavy atom. The fourth-order valence-corrected chi connectivity index (χ4v) is 2.89. The van der Waals surface area contributed by atoms with Crippen LogP contribution in [0.1, 0.15) is 6.92 Å². The predicted molar refractivity (Wildman–Crippen MR) is 103 cm³/mol. The van der Waals surface area contributed by atoms with Gasteiger partial charge >= 0.3 is 0 Å². The average Bonchev–Trinajstić information content (AvgIpc) is 3.28. The molecule has 0 aliphatic carbocycles. The van der Waals surface area contributed by atoms with Crippen LogP contribution in [0.3, 0.4) is 0 Å². The maximum absolute atomic E-state index is 9.35. The summed E-state index contributed by atoms with van der Waals surface area (Å²) in [4.78, 5) is 0. The molecule has 4 rings (SSSR count). The van der Waals surface area contributed by atoms with Crippen LogP contribution in [-0.4, -0.2) is 47.5 Å². The minimum absolute atomic E-state index is 0.00785. The Hall–Kier alpha value is -2.97. The molecule has 2 N–H and O–H groups in total. The van der Waals surface area contributed by atoms with E-state index in [4.69, 9.17) is 16.7 Å². The minimum Gasteiger partial charge on any atom is -0.394 e. The Morgan fingerprint density at radius 1 is 1.22 bits per heavy atom. The first-order chi connectivity index (χ1) is 13.0. The van der Waals surface area contributed by atoms with E-state index in [0.717, 1.165) is 22.5 Å². The summed E-state index contributed by atoms with van der Waals surface area (Å²) < 4.78 is 3.42. The maximum atomic E-state index is 9.35. The van der Waals surface area contributed by atoms with Crippen LogP contribution in [0.15, 0.2) is 42.7 Å². The first-order valence-corrected chi connectivity index (χ1v) is 8.82. The lowest BCUT2D eigenvalue weighted by Gasteiger charge is -2.14. The van der Waals surface area contributed by atoms with Gasteiger partial charge in [0.15, 0.2) is 11.6 Å². The number of benzene rings is 1. The number of fused-ring (bicyclic) bond motifs is 1. The van der Waals surface area contributed by atoms with Crippen LogP contribution in [0.4, 0.5) is 5.82 Å². The van der Waals surface area contributed by atoms with Crippen LogP contribution in [-0.2, 0) is 7.05 Å². The number of nitrogens with one attached hydrogen (secondary N) is 1. The van der Waals surface area contributed by atoms with Crippen molar-refractivity contribution in [2.45, 2.75) is 13.0 Å². The van der Waals surface area contributed by atoms with Crippen LogP contribution < -0.4 is 5.32 Å². The molecule has 0 bridgehead atoms. The van der Waals surface area contributed by atoms with Crippen LogP contribution in [0, 0.1) is 0 Å². The molecule has 0 amide bonds. The van der Waals surface area contributed by atoms with Gasteiger partial charge in [0.2, 0.25) is 0 Å². The van der Waals surface area contributed by atoms with Crippen LogP contribution >= 0.6 is 11.6 Å². The van der Waals surface area contributed by atoms with E-state index in [2.05, 4.69) is 20.6 Å². The number of nitrogens with zero attached hydrogens (tertiary/aromatic N) is 6. The molecular weight excluding hydrogens is 366 g/mol. The molecule has 1 atom stereocenters. The van der Waals surface area contributed by atoms with Gasteiger partial charge in [-0.2, -0.15) is 10.2 Å². The molecule has 0 radical (unpaired) electrons. The number of rotatable bonds is 5. The Labute approximate surface area is 160 Å². The van der Waals surface area contributed by atoms with Gasteiger partial charge in [0.1, 0.15) is 5.69 Å². The Bertz CT molecular complexity index is 1040. The second-order valence-electron chi connectivity index (χ2n) is 6.33. The highest BCUT2D eigenvalue weighted by molar-refractivity contribution is 6.30. The average molecular weight is 384 g/mol. The van der Waals surface area contributed by atoms with Crippen LogP contribution in [0.5, 0.6) is 0 Å². The van der Waals surface area contributed by atoms with Gasteiger partial charge in [-0.3, -0.25) is 4.68 Å². The fourth-order valence-electron chi connectivity index (χ4n) is 2.77. The summed E-state index contributed by atoms with van der Waals surface area (Å²) in [5.74, 6) is 1.20. The standard InChI is InChI=1S/C18H18ClN7O/c1-11(10-27)21-17-15-7-16(12-3-5-13(19)6-4-12)24-26(18(15)23-22-17)14-8-20-25(2)9-14/h3-9,11,27H,10H2,1-2H3,(H,21,22)/t11-/m0/s1. The van der Waals surface area contributed by atoms with E-state index in [0.29, 0.717) is 16.7 Å². The zero-order valence-electron chi connectivity index (χ0n) is 14.8. The van der Waals surface area contributed by atoms with E-state index in [-0.39, 0.29) is 12.6 Å². The van der Waals surface area contributed by atoms with E-state index in [1.54, 1.807) is 15.6 Å². The number of halogens is 1. The molecule has 0 saturated carbocycles. The normalized spacial score (nSPS) is 12.4. The molecule has 8 nitrogen and oxygen atoms in total. The zero-order chi connectivity index (χ0) is 19.0. The first-order valence-electron chi connectivity index (χ1n) is 8.44. The summed E-state index contributed by atoms with van der Waals surface area (Å²) >= 11 is 6.01. The van der Waals surface area contributed by atoms with Gasteiger partial charge in [-0.1, -0.05) is 23.7 Å². The fraction of sp³-hybridized carbons (Fsp3) is 0.222. The topological polar surface area (TPSA) is 93.7 Å². The third-order valence-electron chi connectivity index (χ3n) is 4.16. The summed E-state index contributed by atoms with van der Waals surface area (Å²) in [7, 11) is 1.84. The van der Waals surface area contributed by atoms with Gasteiger partial charge in [0.05, 0.1) is 30.3 Å². The van der Waals surface area contributed by atoms with Crippen LogP contribution in [0.2, 0.25) is 5.02 Å². The molecule has 1 aromatic heterocycles. The molecule has 0 spiro atoms. The van der Waals surface area contributed by atoms with Crippen molar-refractivity contribution in [3.63, 3.8) is 0 Å². The third-order valence-corrected chi connectivity index (χ3v) is 4.41. The van der Waals surface area contributed by atoms with Crippen molar-refractivity contribution in [2.75, 3.05) is 11.9 Å². The SMILES string of the molecule is C[C@@H](CO)Nc1nnc2n(-c3cnn(C)c3)nc(-c3ccc(Cl)cc3)cc1-2. The van der Waals surface area contributed by atoms with E-state index < -0.39 is 0 Å². The van der Waals surface area contributed by atoms with Crippen molar-refractivity contribution < 1.29 is 5.11 Å². The zero-order valence-corrected chi connectivity index (χ0v) is 15.6. The van der Waals surface area contributed by atoms with E-state index in [1.165, 1.54) is 0 Å². The van der Waals surface area contributed by atoms with Crippen molar-refractivity contribution in [3.8, 4) is 28.3 Å². The second kappa shape index (κ2) is 6.98. The molecule has 138 valence electrons. The molecule has 2 aliphatic heterocycles. The lowest BCUT2D eigenvalue weighted by atomic mass is 10.1. The largest absolute Gasteiger partial charge is 0.394 e. The lowest BCUT2D eigenvalue weighted by molar-refractivity contribution is 0.281.